The lowest BCUT2D eigenvalue weighted by Gasteiger charge is -2.09. The van der Waals surface area contributed by atoms with Gasteiger partial charge in [0, 0.05) is 6.42 Å². The van der Waals surface area contributed by atoms with Crippen molar-refractivity contribution in [3.8, 4) is 0 Å². The van der Waals surface area contributed by atoms with E-state index in [4.69, 9.17) is 5.11 Å². The van der Waals surface area contributed by atoms with Gasteiger partial charge in [-0.3, -0.25) is 4.79 Å². The average Bonchev–Trinajstić information content (AvgIpc) is 2.18. The SMILES string of the molecule is O=C(O)C(F)(F)C(=O)Cc1ccccc1. The van der Waals surface area contributed by atoms with E-state index >= 15 is 0 Å². The Morgan fingerprint density at radius 1 is 1.20 bits per heavy atom. The maximum atomic E-state index is 12.7. The Labute approximate surface area is 84.3 Å². The zero-order valence-corrected chi connectivity index (χ0v) is 7.61. The van der Waals surface area contributed by atoms with Crippen molar-refractivity contribution in [1.29, 1.82) is 0 Å². The molecular formula is C10H8F2O3. The summed E-state index contributed by atoms with van der Waals surface area (Å²) in [5.74, 6) is -8.33. The van der Waals surface area contributed by atoms with Crippen molar-refractivity contribution in [3.63, 3.8) is 0 Å². The van der Waals surface area contributed by atoms with E-state index in [1.807, 2.05) is 0 Å². The van der Waals surface area contributed by atoms with Gasteiger partial charge in [0.05, 0.1) is 0 Å². The fraction of sp³-hybridized carbons (Fsp3) is 0.200. The molecular weight excluding hydrogens is 206 g/mol. The molecule has 0 spiro atoms. The Morgan fingerprint density at radius 2 is 1.73 bits per heavy atom. The number of Topliss-reactive ketones (excluding diaryl/α,β-unsaturated/α-hetero) is 1. The number of ketones is 1. The number of carboxylic acid groups (broad SMARTS) is 1. The molecule has 0 saturated heterocycles. The van der Waals surface area contributed by atoms with Crippen molar-refractivity contribution in [2.75, 3.05) is 0 Å². The molecule has 1 aromatic carbocycles. The molecule has 5 heteroatoms. The van der Waals surface area contributed by atoms with Gasteiger partial charge in [-0.15, -0.1) is 0 Å². The number of carbonyl (C=O) groups is 2. The first-order valence-electron chi connectivity index (χ1n) is 4.13. The number of carbonyl (C=O) groups excluding carboxylic acids is 1. The number of alkyl halides is 2. The molecule has 1 rings (SSSR count). The highest BCUT2D eigenvalue weighted by atomic mass is 19.3. The highest BCUT2D eigenvalue weighted by Crippen LogP contribution is 2.17. The zero-order valence-electron chi connectivity index (χ0n) is 7.61. The summed E-state index contributed by atoms with van der Waals surface area (Å²) in [5.41, 5.74) is 0.364. The molecule has 0 aromatic heterocycles. The molecule has 1 aromatic rings. The van der Waals surface area contributed by atoms with Crippen LogP contribution in [-0.2, 0) is 16.0 Å². The molecule has 3 nitrogen and oxygen atoms in total. The van der Waals surface area contributed by atoms with E-state index in [-0.39, 0.29) is 0 Å². The van der Waals surface area contributed by atoms with E-state index in [1.54, 1.807) is 18.2 Å². The van der Waals surface area contributed by atoms with Crippen LogP contribution in [0.15, 0.2) is 30.3 Å². The number of carboxylic acids is 1. The van der Waals surface area contributed by atoms with E-state index in [9.17, 15) is 18.4 Å². The van der Waals surface area contributed by atoms with Crippen LogP contribution in [0, 0.1) is 0 Å². The first kappa shape index (κ1) is 11.3. The molecule has 0 atom stereocenters. The zero-order chi connectivity index (χ0) is 11.5. The molecule has 0 bridgehead atoms. The average molecular weight is 214 g/mol. The first-order chi connectivity index (χ1) is 6.94. The van der Waals surface area contributed by atoms with Crippen LogP contribution in [0.5, 0.6) is 0 Å². The van der Waals surface area contributed by atoms with E-state index in [0.29, 0.717) is 5.56 Å². The third kappa shape index (κ3) is 2.59. The molecule has 0 aliphatic heterocycles. The largest absolute Gasteiger partial charge is 0.476 e. The number of rotatable bonds is 4. The molecule has 0 radical (unpaired) electrons. The van der Waals surface area contributed by atoms with Crippen LogP contribution in [0.1, 0.15) is 5.56 Å². The van der Waals surface area contributed by atoms with Crippen LogP contribution in [0.4, 0.5) is 8.78 Å². The fourth-order valence-electron chi connectivity index (χ4n) is 1.01. The van der Waals surface area contributed by atoms with Crippen LogP contribution < -0.4 is 0 Å². The Morgan fingerprint density at radius 3 is 2.20 bits per heavy atom. The van der Waals surface area contributed by atoms with Crippen molar-refractivity contribution >= 4 is 11.8 Å². The first-order valence-corrected chi connectivity index (χ1v) is 4.13. The fourth-order valence-corrected chi connectivity index (χ4v) is 1.01. The molecule has 0 heterocycles. The standard InChI is InChI=1S/C10H8F2O3/c11-10(12,9(14)15)8(13)6-7-4-2-1-3-5-7/h1-5H,6H2,(H,14,15). The minimum Gasteiger partial charge on any atom is -0.476 e. The van der Waals surface area contributed by atoms with Gasteiger partial charge in [0.1, 0.15) is 0 Å². The van der Waals surface area contributed by atoms with Gasteiger partial charge in [-0.1, -0.05) is 30.3 Å². The maximum Gasteiger partial charge on any atom is 0.399 e. The second-order valence-corrected chi connectivity index (χ2v) is 2.97. The van der Waals surface area contributed by atoms with Gasteiger partial charge in [0.15, 0.2) is 0 Å². The molecule has 0 aliphatic carbocycles. The van der Waals surface area contributed by atoms with Crippen molar-refractivity contribution in [2.24, 2.45) is 0 Å². The minimum absolute atomic E-state index is 0.364. The van der Waals surface area contributed by atoms with Crippen molar-refractivity contribution in [1.82, 2.24) is 0 Å². The molecule has 0 amide bonds. The number of hydrogen-bond donors (Lipinski definition) is 1. The lowest BCUT2D eigenvalue weighted by Crippen LogP contribution is -2.38. The van der Waals surface area contributed by atoms with E-state index in [0.717, 1.165) is 0 Å². The van der Waals surface area contributed by atoms with Gasteiger partial charge < -0.3 is 5.11 Å². The Bertz CT molecular complexity index is 374. The molecule has 1 N–H and O–H groups in total. The summed E-state index contributed by atoms with van der Waals surface area (Å²) in [7, 11) is 0. The Balaban J connectivity index is 2.77. The summed E-state index contributed by atoms with van der Waals surface area (Å²) in [6.45, 7) is 0. The van der Waals surface area contributed by atoms with Crippen molar-refractivity contribution in [3.05, 3.63) is 35.9 Å². The summed E-state index contributed by atoms with van der Waals surface area (Å²) in [5, 5.41) is 8.12. The summed E-state index contributed by atoms with van der Waals surface area (Å²) in [6.07, 6.45) is -0.583. The van der Waals surface area contributed by atoms with Crippen molar-refractivity contribution in [2.45, 2.75) is 12.3 Å². The van der Waals surface area contributed by atoms with Gasteiger partial charge in [-0.2, -0.15) is 8.78 Å². The van der Waals surface area contributed by atoms with Crippen molar-refractivity contribution < 1.29 is 23.5 Å². The van der Waals surface area contributed by atoms with Gasteiger partial charge in [0.2, 0.25) is 5.78 Å². The van der Waals surface area contributed by atoms with E-state index < -0.39 is 24.1 Å². The third-order valence-corrected chi connectivity index (χ3v) is 1.83. The quantitative estimate of drug-likeness (QED) is 0.773. The monoisotopic (exact) mass is 214 g/mol. The highest BCUT2D eigenvalue weighted by molar-refractivity contribution is 6.05. The number of hydrogen-bond acceptors (Lipinski definition) is 2. The predicted molar refractivity (Wildman–Crippen MR) is 47.7 cm³/mol. The lowest BCUT2D eigenvalue weighted by atomic mass is 10.1. The summed E-state index contributed by atoms with van der Waals surface area (Å²) < 4.78 is 25.4. The molecule has 80 valence electrons. The van der Waals surface area contributed by atoms with Crippen LogP contribution >= 0.6 is 0 Å². The second-order valence-electron chi connectivity index (χ2n) is 2.97. The minimum atomic E-state index is -4.31. The van der Waals surface area contributed by atoms with Crippen LogP contribution in [0.25, 0.3) is 0 Å². The second kappa shape index (κ2) is 4.16. The third-order valence-electron chi connectivity index (χ3n) is 1.83. The number of aliphatic carboxylic acids is 1. The molecule has 0 unspecified atom stereocenters. The predicted octanol–water partition coefficient (Wildman–Crippen LogP) is 1.52. The van der Waals surface area contributed by atoms with E-state index in [1.165, 1.54) is 12.1 Å². The van der Waals surface area contributed by atoms with E-state index in [2.05, 4.69) is 0 Å². The maximum absolute atomic E-state index is 12.7. The summed E-state index contributed by atoms with van der Waals surface area (Å²) >= 11 is 0. The molecule has 0 aliphatic rings. The Kier molecular flexibility index (Phi) is 3.14. The Hall–Kier alpha value is -1.78. The number of benzene rings is 1. The topological polar surface area (TPSA) is 54.4 Å². The number of halogens is 2. The van der Waals surface area contributed by atoms with Gasteiger partial charge >= 0.3 is 11.9 Å². The molecule has 0 saturated carbocycles. The molecule has 15 heavy (non-hydrogen) atoms. The smallest absolute Gasteiger partial charge is 0.399 e. The van der Waals surface area contributed by atoms with Crippen LogP contribution in [-0.4, -0.2) is 22.8 Å². The van der Waals surface area contributed by atoms with Gasteiger partial charge in [0.25, 0.3) is 0 Å². The van der Waals surface area contributed by atoms with Crippen LogP contribution in [0.3, 0.4) is 0 Å². The lowest BCUT2D eigenvalue weighted by molar-refractivity contribution is -0.171. The highest BCUT2D eigenvalue weighted by Gasteiger charge is 2.46. The van der Waals surface area contributed by atoms with Gasteiger partial charge in [-0.25, -0.2) is 4.79 Å². The molecule has 0 fully saturated rings. The van der Waals surface area contributed by atoms with Crippen LogP contribution in [0.2, 0.25) is 0 Å². The summed E-state index contributed by atoms with van der Waals surface area (Å²) in [4.78, 5) is 21.0. The van der Waals surface area contributed by atoms with Gasteiger partial charge in [-0.05, 0) is 5.56 Å². The summed E-state index contributed by atoms with van der Waals surface area (Å²) in [6, 6.07) is 7.80. The normalized spacial score (nSPS) is 11.1.